The largest absolute Gasteiger partial charge is 0.481 e. The molecule has 0 atom stereocenters. The summed E-state index contributed by atoms with van der Waals surface area (Å²) in [4.78, 5) is 11.7. The van der Waals surface area contributed by atoms with E-state index in [4.69, 9.17) is 9.47 Å². The number of benzene rings is 3. The molecule has 3 aromatic carbocycles. The van der Waals surface area contributed by atoms with E-state index in [0.29, 0.717) is 5.75 Å². The second kappa shape index (κ2) is 9.15. The number of ether oxygens (including phenoxy) is 2. The third-order valence-electron chi connectivity index (χ3n) is 3.44. The Hall–Kier alpha value is -3.67. The van der Waals surface area contributed by atoms with Crippen LogP contribution in [0.5, 0.6) is 17.2 Å². The van der Waals surface area contributed by atoms with E-state index >= 15 is 0 Å². The van der Waals surface area contributed by atoms with Gasteiger partial charge in [-0.2, -0.15) is 5.10 Å². The van der Waals surface area contributed by atoms with Crippen molar-refractivity contribution in [1.29, 1.82) is 0 Å². The standard InChI is InChI=1S/C21H17FN2O3/c22-19-11-4-5-12-20(19)26-15-21(25)24-23-14-16-7-6-10-18(13-16)27-17-8-2-1-3-9-17/h1-14H,15H2,(H,24,25)/b23-14-. The Morgan fingerprint density at radius 1 is 0.963 bits per heavy atom. The molecule has 0 aliphatic heterocycles. The van der Waals surface area contributed by atoms with Crippen LogP contribution >= 0.6 is 0 Å². The van der Waals surface area contributed by atoms with Gasteiger partial charge in [-0.1, -0.05) is 42.5 Å². The van der Waals surface area contributed by atoms with Gasteiger partial charge in [-0.15, -0.1) is 0 Å². The molecule has 6 heteroatoms. The molecule has 0 aliphatic carbocycles. The van der Waals surface area contributed by atoms with Crippen molar-refractivity contribution in [3.8, 4) is 17.2 Å². The normalized spacial score (nSPS) is 10.6. The number of rotatable bonds is 7. The molecule has 3 aromatic rings. The van der Waals surface area contributed by atoms with E-state index in [0.717, 1.165) is 11.3 Å². The molecule has 136 valence electrons. The van der Waals surface area contributed by atoms with E-state index in [1.54, 1.807) is 18.2 Å². The molecule has 0 aromatic heterocycles. The summed E-state index contributed by atoms with van der Waals surface area (Å²) in [6, 6.07) is 22.5. The Morgan fingerprint density at radius 2 is 1.70 bits per heavy atom. The molecule has 1 N–H and O–H groups in total. The van der Waals surface area contributed by atoms with E-state index in [-0.39, 0.29) is 12.4 Å². The fourth-order valence-corrected chi connectivity index (χ4v) is 2.20. The fourth-order valence-electron chi connectivity index (χ4n) is 2.20. The zero-order valence-corrected chi connectivity index (χ0v) is 14.3. The van der Waals surface area contributed by atoms with Gasteiger partial charge in [0, 0.05) is 0 Å². The number of hydrogen-bond acceptors (Lipinski definition) is 4. The van der Waals surface area contributed by atoms with Crippen LogP contribution in [-0.4, -0.2) is 18.7 Å². The van der Waals surface area contributed by atoms with E-state index in [9.17, 15) is 9.18 Å². The van der Waals surface area contributed by atoms with E-state index < -0.39 is 11.7 Å². The highest BCUT2D eigenvalue weighted by Gasteiger charge is 2.05. The number of nitrogens with one attached hydrogen (secondary N) is 1. The van der Waals surface area contributed by atoms with Gasteiger partial charge in [0.25, 0.3) is 5.91 Å². The molecule has 0 heterocycles. The second-order valence-electron chi connectivity index (χ2n) is 5.50. The number of amides is 1. The average molecular weight is 364 g/mol. The van der Waals surface area contributed by atoms with Crippen molar-refractivity contribution in [2.75, 3.05) is 6.61 Å². The number of halogens is 1. The third kappa shape index (κ3) is 5.67. The topological polar surface area (TPSA) is 59.9 Å². The molecule has 0 saturated carbocycles. The Kier molecular flexibility index (Phi) is 6.14. The molecular formula is C21H17FN2O3. The Bertz CT molecular complexity index is 929. The predicted octanol–water partition coefficient (Wildman–Crippen LogP) is 4.15. The van der Waals surface area contributed by atoms with Gasteiger partial charge in [0.2, 0.25) is 0 Å². The van der Waals surface area contributed by atoms with Gasteiger partial charge in [0.1, 0.15) is 11.5 Å². The number of carbonyl (C=O) groups is 1. The van der Waals surface area contributed by atoms with Gasteiger partial charge in [-0.25, -0.2) is 9.82 Å². The first-order chi connectivity index (χ1) is 13.2. The average Bonchev–Trinajstić information content (AvgIpc) is 2.68. The SMILES string of the molecule is O=C(COc1ccccc1F)N/N=C\c1cccc(Oc2ccccc2)c1. The van der Waals surface area contributed by atoms with Crippen molar-refractivity contribution in [3.63, 3.8) is 0 Å². The molecule has 0 bridgehead atoms. The van der Waals surface area contributed by atoms with Gasteiger partial charge in [0.05, 0.1) is 6.21 Å². The Labute approximate surface area is 156 Å². The van der Waals surface area contributed by atoms with Crippen LogP contribution in [0.3, 0.4) is 0 Å². The fraction of sp³-hybridized carbons (Fsp3) is 0.0476. The minimum Gasteiger partial charge on any atom is -0.481 e. The van der Waals surface area contributed by atoms with Crippen molar-refractivity contribution >= 4 is 12.1 Å². The number of para-hydroxylation sites is 2. The summed E-state index contributed by atoms with van der Waals surface area (Å²) in [7, 11) is 0. The molecule has 0 fully saturated rings. The lowest BCUT2D eigenvalue weighted by Gasteiger charge is -2.06. The minimum absolute atomic E-state index is 0.0161. The zero-order chi connectivity index (χ0) is 18.9. The lowest BCUT2D eigenvalue weighted by molar-refractivity contribution is -0.123. The predicted molar refractivity (Wildman–Crippen MR) is 101 cm³/mol. The number of nitrogens with zero attached hydrogens (tertiary/aromatic N) is 1. The molecule has 27 heavy (non-hydrogen) atoms. The molecule has 0 saturated heterocycles. The maximum absolute atomic E-state index is 13.4. The molecular weight excluding hydrogens is 347 g/mol. The molecule has 0 spiro atoms. The summed E-state index contributed by atoms with van der Waals surface area (Å²) in [5.74, 6) is 0.377. The lowest BCUT2D eigenvalue weighted by Crippen LogP contribution is -2.24. The van der Waals surface area contributed by atoms with Gasteiger partial charge in [-0.05, 0) is 42.0 Å². The van der Waals surface area contributed by atoms with Gasteiger partial charge < -0.3 is 9.47 Å². The highest BCUT2D eigenvalue weighted by Crippen LogP contribution is 2.21. The Balaban J connectivity index is 1.51. The summed E-state index contributed by atoms with van der Waals surface area (Å²) in [6.45, 7) is -0.338. The maximum atomic E-state index is 13.4. The van der Waals surface area contributed by atoms with E-state index in [1.165, 1.54) is 18.3 Å². The van der Waals surface area contributed by atoms with Crippen LogP contribution in [0.1, 0.15) is 5.56 Å². The van der Waals surface area contributed by atoms with Crippen LogP contribution in [0.2, 0.25) is 0 Å². The van der Waals surface area contributed by atoms with Crippen molar-refractivity contribution in [2.45, 2.75) is 0 Å². The van der Waals surface area contributed by atoms with Gasteiger partial charge >= 0.3 is 0 Å². The third-order valence-corrected chi connectivity index (χ3v) is 3.44. The van der Waals surface area contributed by atoms with E-state index in [2.05, 4.69) is 10.5 Å². The lowest BCUT2D eigenvalue weighted by atomic mass is 10.2. The number of carbonyl (C=O) groups excluding carboxylic acids is 1. The van der Waals surface area contributed by atoms with Gasteiger partial charge in [0.15, 0.2) is 18.2 Å². The molecule has 0 radical (unpaired) electrons. The summed E-state index contributed by atoms with van der Waals surface area (Å²) < 4.78 is 24.3. The first-order valence-electron chi connectivity index (χ1n) is 8.23. The van der Waals surface area contributed by atoms with Crippen molar-refractivity contribution in [2.24, 2.45) is 5.10 Å². The molecule has 3 rings (SSSR count). The van der Waals surface area contributed by atoms with Crippen LogP contribution in [0.25, 0.3) is 0 Å². The second-order valence-corrected chi connectivity index (χ2v) is 5.50. The molecule has 0 unspecified atom stereocenters. The van der Waals surface area contributed by atoms with Crippen molar-refractivity contribution in [3.05, 3.63) is 90.2 Å². The first-order valence-corrected chi connectivity index (χ1v) is 8.23. The van der Waals surface area contributed by atoms with Crippen LogP contribution in [0.15, 0.2) is 84.0 Å². The van der Waals surface area contributed by atoms with Crippen LogP contribution in [0, 0.1) is 5.82 Å². The summed E-state index contributed by atoms with van der Waals surface area (Å²) in [5.41, 5.74) is 3.08. The smallest absolute Gasteiger partial charge is 0.277 e. The number of hydrogen-bond donors (Lipinski definition) is 1. The minimum atomic E-state index is -0.524. The maximum Gasteiger partial charge on any atom is 0.277 e. The highest BCUT2D eigenvalue weighted by atomic mass is 19.1. The quantitative estimate of drug-likeness (QED) is 0.506. The first kappa shape index (κ1) is 18.1. The summed E-state index contributed by atoms with van der Waals surface area (Å²) in [5, 5.41) is 3.87. The highest BCUT2D eigenvalue weighted by molar-refractivity contribution is 5.83. The van der Waals surface area contributed by atoms with Crippen LogP contribution < -0.4 is 14.9 Å². The summed E-state index contributed by atoms with van der Waals surface area (Å²) >= 11 is 0. The van der Waals surface area contributed by atoms with Crippen LogP contribution in [-0.2, 0) is 4.79 Å². The van der Waals surface area contributed by atoms with Crippen molar-refractivity contribution < 1.29 is 18.7 Å². The molecule has 0 aliphatic rings. The Morgan fingerprint density at radius 3 is 2.52 bits per heavy atom. The van der Waals surface area contributed by atoms with E-state index in [1.807, 2.05) is 48.5 Å². The number of hydrazone groups is 1. The zero-order valence-electron chi connectivity index (χ0n) is 14.3. The summed E-state index contributed by atoms with van der Waals surface area (Å²) in [6.07, 6.45) is 1.48. The van der Waals surface area contributed by atoms with Gasteiger partial charge in [-0.3, -0.25) is 4.79 Å². The van der Waals surface area contributed by atoms with Crippen LogP contribution in [0.4, 0.5) is 4.39 Å². The molecule has 5 nitrogen and oxygen atoms in total. The monoisotopic (exact) mass is 364 g/mol. The molecule has 1 amide bonds. The van der Waals surface area contributed by atoms with Crippen molar-refractivity contribution in [1.82, 2.24) is 5.43 Å².